The highest BCUT2D eigenvalue weighted by atomic mass is 32.1. The second kappa shape index (κ2) is 5.80. The van der Waals surface area contributed by atoms with Crippen LogP contribution in [-0.2, 0) is 6.54 Å². The van der Waals surface area contributed by atoms with E-state index in [0.717, 1.165) is 32.7 Å². The van der Waals surface area contributed by atoms with Gasteiger partial charge in [-0.15, -0.1) is 11.3 Å². The van der Waals surface area contributed by atoms with Crippen molar-refractivity contribution >= 4 is 16.5 Å². The molecule has 0 aliphatic carbocycles. The number of likely N-dealkylation sites (N-methyl/N-ethyl adjacent to an activating group) is 1. The number of nitrogens with one attached hydrogen (secondary N) is 1. The van der Waals surface area contributed by atoms with Gasteiger partial charge in [-0.2, -0.15) is 0 Å². The summed E-state index contributed by atoms with van der Waals surface area (Å²) in [5, 5.41) is 4.52. The van der Waals surface area contributed by atoms with Gasteiger partial charge in [-0.05, 0) is 20.5 Å². The molecule has 5 heteroatoms. The number of thiazole rings is 1. The van der Waals surface area contributed by atoms with Gasteiger partial charge in [-0.25, -0.2) is 4.98 Å². The van der Waals surface area contributed by atoms with E-state index in [2.05, 4.69) is 41.0 Å². The molecular formula is C12H22N4S. The third-order valence-electron chi connectivity index (χ3n) is 3.17. The fourth-order valence-corrected chi connectivity index (χ4v) is 3.19. The van der Waals surface area contributed by atoms with Crippen LogP contribution in [0.5, 0.6) is 0 Å². The maximum Gasteiger partial charge on any atom is 0.185 e. The second-order valence-corrected chi connectivity index (χ2v) is 5.79. The summed E-state index contributed by atoms with van der Waals surface area (Å²) in [7, 11) is 2.19. The molecule has 1 fully saturated rings. The van der Waals surface area contributed by atoms with Gasteiger partial charge in [-0.1, -0.05) is 6.92 Å². The molecule has 17 heavy (non-hydrogen) atoms. The Morgan fingerprint density at radius 1 is 1.53 bits per heavy atom. The SMILES string of the molecule is CCNCc1cnc(N2CCN(C)CC2C)s1. The van der Waals surface area contributed by atoms with Crippen molar-refractivity contribution in [2.24, 2.45) is 0 Å². The maximum absolute atomic E-state index is 4.55. The van der Waals surface area contributed by atoms with Crippen molar-refractivity contribution in [1.82, 2.24) is 15.2 Å². The van der Waals surface area contributed by atoms with Gasteiger partial charge in [0.15, 0.2) is 5.13 Å². The van der Waals surface area contributed by atoms with Crippen LogP contribution in [0, 0.1) is 0 Å². The van der Waals surface area contributed by atoms with Crippen LogP contribution in [0.15, 0.2) is 6.20 Å². The first-order valence-electron chi connectivity index (χ1n) is 6.31. The minimum Gasteiger partial charge on any atom is -0.343 e. The molecule has 1 aromatic heterocycles. The Labute approximate surface area is 108 Å². The second-order valence-electron chi connectivity index (χ2n) is 4.69. The Balaban J connectivity index is 1.99. The summed E-state index contributed by atoms with van der Waals surface area (Å²) in [6.45, 7) is 9.71. The van der Waals surface area contributed by atoms with Crippen molar-refractivity contribution < 1.29 is 0 Å². The van der Waals surface area contributed by atoms with Gasteiger partial charge in [0.05, 0.1) is 0 Å². The fourth-order valence-electron chi connectivity index (χ4n) is 2.18. The average molecular weight is 254 g/mol. The number of hydrogen-bond donors (Lipinski definition) is 1. The first kappa shape index (κ1) is 12.8. The van der Waals surface area contributed by atoms with E-state index in [1.54, 1.807) is 0 Å². The Morgan fingerprint density at radius 2 is 2.35 bits per heavy atom. The van der Waals surface area contributed by atoms with E-state index in [1.165, 1.54) is 10.0 Å². The van der Waals surface area contributed by atoms with Crippen molar-refractivity contribution in [2.75, 3.05) is 38.1 Å². The minimum absolute atomic E-state index is 0.562. The molecule has 0 bridgehead atoms. The van der Waals surface area contributed by atoms with Gasteiger partial charge in [-0.3, -0.25) is 0 Å². The largest absolute Gasteiger partial charge is 0.343 e. The van der Waals surface area contributed by atoms with Crippen molar-refractivity contribution in [3.05, 3.63) is 11.1 Å². The van der Waals surface area contributed by atoms with Crippen molar-refractivity contribution in [3.63, 3.8) is 0 Å². The molecule has 2 heterocycles. The predicted octanol–water partition coefficient (Wildman–Crippen LogP) is 1.39. The van der Waals surface area contributed by atoms with Crippen LogP contribution in [0.4, 0.5) is 5.13 Å². The Bertz CT molecular complexity index is 352. The van der Waals surface area contributed by atoms with E-state index in [9.17, 15) is 0 Å². The van der Waals surface area contributed by atoms with Crippen LogP contribution in [0.1, 0.15) is 18.7 Å². The van der Waals surface area contributed by atoms with Gasteiger partial charge in [0.1, 0.15) is 0 Å². The summed E-state index contributed by atoms with van der Waals surface area (Å²) in [6.07, 6.45) is 2.01. The number of aromatic nitrogens is 1. The standard InChI is InChI=1S/C12H22N4S/c1-4-13-7-11-8-14-12(17-11)16-6-5-15(3)9-10(16)2/h8,10,13H,4-7,9H2,1-3H3. The van der Waals surface area contributed by atoms with E-state index >= 15 is 0 Å². The average Bonchev–Trinajstić information content (AvgIpc) is 2.75. The molecule has 1 aliphatic heterocycles. The fraction of sp³-hybridized carbons (Fsp3) is 0.750. The lowest BCUT2D eigenvalue weighted by atomic mass is 10.2. The van der Waals surface area contributed by atoms with Gasteiger partial charge in [0, 0.05) is 43.3 Å². The lowest BCUT2D eigenvalue weighted by Gasteiger charge is -2.38. The number of anilines is 1. The van der Waals surface area contributed by atoms with Gasteiger partial charge in [0.2, 0.25) is 0 Å². The molecule has 1 N–H and O–H groups in total. The van der Waals surface area contributed by atoms with Gasteiger partial charge < -0.3 is 15.1 Å². The zero-order valence-electron chi connectivity index (χ0n) is 10.9. The summed E-state index contributed by atoms with van der Waals surface area (Å²) in [4.78, 5) is 10.7. The molecule has 1 atom stereocenters. The maximum atomic E-state index is 4.55. The van der Waals surface area contributed by atoms with Crippen LogP contribution in [0.25, 0.3) is 0 Å². The molecule has 0 saturated carbocycles. The quantitative estimate of drug-likeness (QED) is 0.880. The van der Waals surface area contributed by atoms with E-state index in [-0.39, 0.29) is 0 Å². The molecule has 1 saturated heterocycles. The van der Waals surface area contributed by atoms with E-state index in [0.29, 0.717) is 6.04 Å². The molecule has 96 valence electrons. The summed E-state index contributed by atoms with van der Waals surface area (Å²) in [5.41, 5.74) is 0. The van der Waals surface area contributed by atoms with E-state index in [1.807, 2.05) is 17.5 Å². The molecule has 0 amide bonds. The van der Waals surface area contributed by atoms with Crippen LogP contribution in [0.3, 0.4) is 0 Å². The first-order valence-corrected chi connectivity index (χ1v) is 7.13. The Kier molecular flexibility index (Phi) is 4.36. The number of rotatable bonds is 4. The normalized spacial score (nSPS) is 22.1. The minimum atomic E-state index is 0.562. The molecule has 4 nitrogen and oxygen atoms in total. The molecule has 0 spiro atoms. The lowest BCUT2D eigenvalue weighted by Crippen LogP contribution is -2.50. The van der Waals surface area contributed by atoms with Crippen LogP contribution < -0.4 is 10.2 Å². The highest BCUT2D eigenvalue weighted by Gasteiger charge is 2.23. The van der Waals surface area contributed by atoms with Gasteiger partial charge in [0.25, 0.3) is 0 Å². The molecule has 0 radical (unpaired) electrons. The highest BCUT2D eigenvalue weighted by Crippen LogP contribution is 2.25. The summed E-state index contributed by atoms with van der Waals surface area (Å²) >= 11 is 1.82. The zero-order valence-corrected chi connectivity index (χ0v) is 11.8. The van der Waals surface area contributed by atoms with Crippen molar-refractivity contribution in [1.29, 1.82) is 0 Å². The Morgan fingerprint density at radius 3 is 3.06 bits per heavy atom. The number of hydrogen-bond acceptors (Lipinski definition) is 5. The van der Waals surface area contributed by atoms with Crippen molar-refractivity contribution in [3.8, 4) is 0 Å². The molecule has 1 unspecified atom stereocenters. The molecule has 1 aromatic rings. The van der Waals surface area contributed by atoms with Crippen molar-refractivity contribution in [2.45, 2.75) is 26.4 Å². The smallest absolute Gasteiger partial charge is 0.185 e. The molecule has 1 aliphatic rings. The predicted molar refractivity (Wildman–Crippen MR) is 73.8 cm³/mol. The van der Waals surface area contributed by atoms with E-state index in [4.69, 9.17) is 0 Å². The molecule has 0 aromatic carbocycles. The topological polar surface area (TPSA) is 31.4 Å². The third-order valence-corrected chi connectivity index (χ3v) is 4.20. The molecule has 2 rings (SSSR count). The lowest BCUT2D eigenvalue weighted by molar-refractivity contribution is 0.275. The third kappa shape index (κ3) is 3.18. The summed E-state index contributed by atoms with van der Waals surface area (Å²) in [6, 6.07) is 0.562. The number of nitrogens with zero attached hydrogens (tertiary/aromatic N) is 3. The monoisotopic (exact) mass is 254 g/mol. The summed E-state index contributed by atoms with van der Waals surface area (Å²) < 4.78 is 0. The van der Waals surface area contributed by atoms with Gasteiger partial charge >= 0.3 is 0 Å². The highest BCUT2D eigenvalue weighted by molar-refractivity contribution is 7.15. The Hall–Kier alpha value is -0.650. The molecular weight excluding hydrogens is 232 g/mol. The summed E-state index contributed by atoms with van der Waals surface area (Å²) in [5.74, 6) is 0. The van der Waals surface area contributed by atoms with Crippen LogP contribution in [0.2, 0.25) is 0 Å². The van der Waals surface area contributed by atoms with E-state index < -0.39 is 0 Å². The first-order chi connectivity index (χ1) is 8.20. The number of piperazine rings is 1. The van der Waals surface area contributed by atoms with Crippen LogP contribution >= 0.6 is 11.3 Å². The van der Waals surface area contributed by atoms with Crippen LogP contribution in [-0.4, -0.2) is 49.2 Å². The zero-order chi connectivity index (χ0) is 12.3.